The average Bonchev–Trinajstić information content (AvgIpc) is 2.73. The zero-order valence-electron chi connectivity index (χ0n) is 12.2. The Morgan fingerprint density at radius 3 is 2.43 bits per heavy atom. The summed E-state index contributed by atoms with van der Waals surface area (Å²) in [7, 11) is 0. The van der Waals surface area contributed by atoms with Gasteiger partial charge in [0.2, 0.25) is 6.10 Å². The van der Waals surface area contributed by atoms with Crippen molar-refractivity contribution in [2.45, 2.75) is 20.0 Å². The molecule has 1 atom stereocenters. The SMILES string of the molecule is CC1(C)COC(=O)[C@H]1OC(=O)c1ccc([N+](=O)[O-])cc1[N+](=O)[O-]. The predicted molar refractivity (Wildman–Crippen MR) is 73.7 cm³/mol. The van der Waals surface area contributed by atoms with E-state index in [1.807, 2.05) is 0 Å². The van der Waals surface area contributed by atoms with E-state index in [0.29, 0.717) is 6.07 Å². The van der Waals surface area contributed by atoms with Crippen molar-refractivity contribution in [1.29, 1.82) is 0 Å². The average molecular weight is 324 g/mol. The van der Waals surface area contributed by atoms with Gasteiger partial charge in [-0.05, 0) is 6.07 Å². The molecule has 122 valence electrons. The third-order valence-electron chi connectivity index (χ3n) is 3.34. The van der Waals surface area contributed by atoms with Gasteiger partial charge in [0.15, 0.2) is 0 Å². The predicted octanol–water partition coefficient (Wildman–Crippen LogP) is 1.61. The largest absolute Gasteiger partial charge is 0.462 e. The van der Waals surface area contributed by atoms with Crippen molar-refractivity contribution in [1.82, 2.24) is 0 Å². The summed E-state index contributed by atoms with van der Waals surface area (Å²) in [6.45, 7) is 3.33. The first-order chi connectivity index (χ1) is 10.6. The molecule has 10 nitrogen and oxygen atoms in total. The normalized spacial score (nSPS) is 19.0. The summed E-state index contributed by atoms with van der Waals surface area (Å²) in [5, 5.41) is 21.7. The molecule has 0 amide bonds. The van der Waals surface area contributed by atoms with Crippen LogP contribution in [0.4, 0.5) is 11.4 Å². The number of cyclic esters (lactones) is 1. The molecule has 1 aromatic rings. The Kier molecular flexibility index (Phi) is 4.00. The van der Waals surface area contributed by atoms with Gasteiger partial charge in [0.05, 0.1) is 15.9 Å². The van der Waals surface area contributed by atoms with Crippen molar-refractivity contribution in [3.8, 4) is 0 Å². The maximum Gasteiger partial charge on any atom is 0.348 e. The molecule has 0 radical (unpaired) electrons. The molecular formula is C13H12N2O8. The van der Waals surface area contributed by atoms with Crippen LogP contribution >= 0.6 is 0 Å². The number of nitrogens with zero attached hydrogens (tertiary/aromatic N) is 2. The monoisotopic (exact) mass is 324 g/mol. The number of benzene rings is 1. The van der Waals surface area contributed by atoms with Gasteiger partial charge in [-0.2, -0.15) is 0 Å². The van der Waals surface area contributed by atoms with E-state index in [4.69, 9.17) is 9.47 Å². The lowest BCUT2D eigenvalue weighted by Crippen LogP contribution is -2.35. The fourth-order valence-corrected chi connectivity index (χ4v) is 2.06. The van der Waals surface area contributed by atoms with Crippen LogP contribution in [0.1, 0.15) is 24.2 Å². The van der Waals surface area contributed by atoms with Crippen molar-refractivity contribution in [2.24, 2.45) is 5.41 Å². The molecule has 1 saturated heterocycles. The number of hydrogen-bond donors (Lipinski definition) is 0. The molecular weight excluding hydrogens is 312 g/mol. The third-order valence-corrected chi connectivity index (χ3v) is 3.34. The highest BCUT2D eigenvalue weighted by atomic mass is 16.6. The summed E-state index contributed by atoms with van der Waals surface area (Å²) >= 11 is 0. The van der Waals surface area contributed by atoms with Gasteiger partial charge in [-0.3, -0.25) is 20.2 Å². The van der Waals surface area contributed by atoms with Crippen LogP contribution in [0.2, 0.25) is 0 Å². The second kappa shape index (κ2) is 5.63. The smallest absolute Gasteiger partial charge is 0.348 e. The Morgan fingerprint density at radius 1 is 1.30 bits per heavy atom. The number of carbonyl (C=O) groups is 2. The fraction of sp³-hybridized carbons (Fsp3) is 0.385. The summed E-state index contributed by atoms with van der Waals surface area (Å²) in [5.74, 6) is -1.86. The van der Waals surface area contributed by atoms with E-state index in [9.17, 15) is 29.8 Å². The summed E-state index contributed by atoms with van der Waals surface area (Å²) in [5.41, 5.74) is -2.55. The number of nitro groups is 2. The summed E-state index contributed by atoms with van der Waals surface area (Å²) in [6.07, 6.45) is -1.20. The number of non-ortho nitro benzene ring substituents is 1. The van der Waals surface area contributed by atoms with Crippen LogP contribution < -0.4 is 0 Å². The van der Waals surface area contributed by atoms with Gasteiger partial charge in [0.1, 0.15) is 12.2 Å². The minimum Gasteiger partial charge on any atom is -0.462 e. The molecule has 0 unspecified atom stereocenters. The lowest BCUT2D eigenvalue weighted by molar-refractivity contribution is -0.394. The van der Waals surface area contributed by atoms with Crippen molar-refractivity contribution >= 4 is 23.3 Å². The fourth-order valence-electron chi connectivity index (χ4n) is 2.06. The number of ether oxygens (including phenoxy) is 2. The molecule has 0 saturated carbocycles. The number of nitro benzene ring substituents is 2. The van der Waals surface area contributed by atoms with E-state index < -0.39 is 50.2 Å². The topological polar surface area (TPSA) is 139 Å². The van der Waals surface area contributed by atoms with Crippen molar-refractivity contribution in [2.75, 3.05) is 6.61 Å². The number of rotatable bonds is 4. The van der Waals surface area contributed by atoms with Crippen LogP contribution in [0.3, 0.4) is 0 Å². The molecule has 0 N–H and O–H groups in total. The highest BCUT2D eigenvalue weighted by Gasteiger charge is 2.47. The summed E-state index contributed by atoms with van der Waals surface area (Å²) < 4.78 is 9.83. The van der Waals surface area contributed by atoms with Crippen LogP contribution in [0.5, 0.6) is 0 Å². The minimum atomic E-state index is -1.20. The van der Waals surface area contributed by atoms with Gasteiger partial charge in [-0.15, -0.1) is 0 Å². The van der Waals surface area contributed by atoms with E-state index in [2.05, 4.69) is 0 Å². The van der Waals surface area contributed by atoms with Crippen molar-refractivity contribution in [3.05, 3.63) is 44.0 Å². The molecule has 0 aromatic heterocycles. The Morgan fingerprint density at radius 2 is 1.96 bits per heavy atom. The molecule has 1 aliphatic heterocycles. The summed E-state index contributed by atoms with van der Waals surface area (Å²) in [4.78, 5) is 43.7. The van der Waals surface area contributed by atoms with E-state index in [1.165, 1.54) is 0 Å². The van der Waals surface area contributed by atoms with Gasteiger partial charge < -0.3 is 9.47 Å². The zero-order valence-corrected chi connectivity index (χ0v) is 12.2. The second-order valence-corrected chi connectivity index (χ2v) is 5.60. The maximum atomic E-state index is 12.1. The first kappa shape index (κ1) is 16.3. The highest BCUT2D eigenvalue weighted by Crippen LogP contribution is 2.33. The first-order valence-corrected chi connectivity index (χ1v) is 6.44. The van der Waals surface area contributed by atoms with E-state index >= 15 is 0 Å². The maximum absolute atomic E-state index is 12.1. The van der Waals surface area contributed by atoms with Crippen LogP contribution in [-0.4, -0.2) is 34.5 Å². The Hall–Kier alpha value is -3.04. The molecule has 1 aliphatic rings. The Balaban J connectivity index is 2.34. The van der Waals surface area contributed by atoms with Gasteiger partial charge in [0.25, 0.3) is 11.4 Å². The molecule has 0 bridgehead atoms. The standard InChI is InChI=1S/C13H12N2O8/c1-13(2)6-22-12(17)10(13)23-11(16)8-4-3-7(14(18)19)5-9(8)15(20)21/h3-5,10H,6H2,1-2H3/t10-/m1/s1. The molecule has 1 fully saturated rings. The number of hydrogen-bond acceptors (Lipinski definition) is 8. The first-order valence-electron chi connectivity index (χ1n) is 6.44. The molecule has 1 heterocycles. The molecule has 0 spiro atoms. The van der Waals surface area contributed by atoms with Crippen LogP contribution in [-0.2, 0) is 14.3 Å². The molecule has 23 heavy (non-hydrogen) atoms. The van der Waals surface area contributed by atoms with Gasteiger partial charge >= 0.3 is 11.9 Å². The van der Waals surface area contributed by atoms with E-state index in [-0.39, 0.29) is 6.61 Å². The van der Waals surface area contributed by atoms with Crippen molar-refractivity contribution in [3.63, 3.8) is 0 Å². The van der Waals surface area contributed by atoms with Gasteiger partial charge in [-0.25, -0.2) is 9.59 Å². The number of esters is 2. The van der Waals surface area contributed by atoms with Crippen LogP contribution in [0, 0.1) is 25.6 Å². The van der Waals surface area contributed by atoms with E-state index in [0.717, 1.165) is 12.1 Å². The number of carbonyl (C=O) groups excluding carboxylic acids is 2. The third kappa shape index (κ3) is 3.10. The molecule has 10 heteroatoms. The molecule has 2 rings (SSSR count). The quantitative estimate of drug-likeness (QED) is 0.462. The van der Waals surface area contributed by atoms with Crippen LogP contribution in [0.25, 0.3) is 0 Å². The van der Waals surface area contributed by atoms with Crippen LogP contribution in [0.15, 0.2) is 18.2 Å². The van der Waals surface area contributed by atoms with Crippen molar-refractivity contribution < 1.29 is 28.9 Å². The Labute approximate surface area is 129 Å². The highest BCUT2D eigenvalue weighted by molar-refractivity contribution is 5.96. The molecule has 0 aliphatic carbocycles. The zero-order chi connectivity index (χ0) is 17.4. The van der Waals surface area contributed by atoms with Gasteiger partial charge in [-0.1, -0.05) is 13.8 Å². The van der Waals surface area contributed by atoms with E-state index in [1.54, 1.807) is 13.8 Å². The lowest BCUT2D eigenvalue weighted by atomic mass is 9.90. The van der Waals surface area contributed by atoms with Gasteiger partial charge in [0, 0.05) is 11.5 Å². The Bertz CT molecular complexity index is 712. The summed E-state index contributed by atoms with van der Waals surface area (Å²) in [6, 6.07) is 2.53. The molecule has 1 aromatic carbocycles. The lowest BCUT2D eigenvalue weighted by Gasteiger charge is -2.21. The second-order valence-electron chi connectivity index (χ2n) is 5.60. The minimum absolute atomic E-state index is 0.0478.